The fourth-order valence-corrected chi connectivity index (χ4v) is 3.47. The maximum Gasteiger partial charge on any atom is 0.270 e. The molecular formula is C20H21N3O3. The molecular weight excluding hydrogens is 330 g/mol. The standard InChI is InChI=1S/C20H21N3O3/c24-19(21-12-16-7-4-10-26-16)15-6-3-9-23(13-15)20(25)18-11-14-5-1-2-8-17(14)22-18/h1-2,4-5,7-8,10-11,15,22H,3,6,9,12-13H2,(H,21,24)/t15-/m0/s1. The van der Waals surface area contributed by atoms with Gasteiger partial charge >= 0.3 is 0 Å². The van der Waals surface area contributed by atoms with E-state index in [4.69, 9.17) is 4.42 Å². The van der Waals surface area contributed by atoms with E-state index in [9.17, 15) is 9.59 Å². The Kier molecular flexibility index (Phi) is 4.48. The van der Waals surface area contributed by atoms with Crippen molar-refractivity contribution in [3.8, 4) is 0 Å². The summed E-state index contributed by atoms with van der Waals surface area (Å²) in [6.07, 6.45) is 3.20. The number of carbonyl (C=O) groups is 2. The van der Waals surface area contributed by atoms with E-state index in [0.29, 0.717) is 25.3 Å². The van der Waals surface area contributed by atoms with Gasteiger partial charge in [-0.05, 0) is 37.1 Å². The summed E-state index contributed by atoms with van der Waals surface area (Å²) in [5, 5.41) is 3.91. The molecule has 6 heteroatoms. The number of aromatic amines is 1. The number of hydrogen-bond acceptors (Lipinski definition) is 3. The number of piperidine rings is 1. The molecule has 0 saturated carbocycles. The van der Waals surface area contributed by atoms with Crippen LogP contribution in [-0.4, -0.2) is 34.8 Å². The first-order chi connectivity index (χ1) is 12.7. The number of furan rings is 1. The third-order valence-corrected chi connectivity index (χ3v) is 4.86. The molecule has 0 radical (unpaired) electrons. The van der Waals surface area contributed by atoms with Crippen molar-refractivity contribution >= 4 is 22.7 Å². The molecule has 26 heavy (non-hydrogen) atoms. The molecule has 0 unspecified atom stereocenters. The van der Waals surface area contributed by atoms with Crippen molar-refractivity contribution in [1.29, 1.82) is 0 Å². The highest BCUT2D eigenvalue weighted by Gasteiger charge is 2.29. The molecule has 0 spiro atoms. The highest BCUT2D eigenvalue weighted by molar-refractivity contribution is 5.98. The Hall–Kier alpha value is -3.02. The monoisotopic (exact) mass is 351 g/mol. The number of rotatable bonds is 4. The largest absolute Gasteiger partial charge is 0.467 e. The van der Waals surface area contributed by atoms with Crippen molar-refractivity contribution in [2.75, 3.05) is 13.1 Å². The van der Waals surface area contributed by atoms with Crippen molar-refractivity contribution in [2.24, 2.45) is 5.92 Å². The van der Waals surface area contributed by atoms with Gasteiger partial charge in [0.2, 0.25) is 5.91 Å². The summed E-state index contributed by atoms with van der Waals surface area (Å²) < 4.78 is 5.23. The first-order valence-electron chi connectivity index (χ1n) is 8.88. The zero-order valence-corrected chi connectivity index (χ0v) is 14.4. The van der Waals surface area contributed by atoms with Crippen LogP contribution in [0, 0.1) is 5.92 Å². The van der Waals surface area contributed by atoms with Crippen molar-refractivity contribution in [2.45, 2.75) is 19.4 Å². The number of aromatic nitrogens is 1. The fraction of sp³-hybridized carbons (Fsp3) is 0.300. The highest BCUT2D eigenvalue weighted by atomic mass is 16.3. The molecule has 0 bridgehead atoms. The number of para-hydroxylation sites is 1. The van der Waals surface area contributed by atoms with Crippen LogP contribution in [0.1, 0.15) is 29.1 Å². The van der Waals surface area contributed by atoms with Gasteiger partial charge < -0.3 is 19.6 Å². The molecule has 2 N–H and O–H groups in total. The maximum absolute atomic E-state index is 12.8. The van der Waals surface area contributed by atoms with Crippen molar-refractivity contribution in [1.82, 2.24) is 15.2 Å². The second-order valence-electron chi connectivity index (χ2n) is 6.66. The lowest BCUT2D eigenvalue weighted by Gasteiger charge is -2.31. The van der Waals surface area contributed by atoms with Crippen LogP contribution in [0.25, 0.3) is 10.9 Å². The molecule has 6 nitrogen and oxygen atoms in total. The van der Waals surface area contributed by atoms with E-state index in [1.54, 1.807) is 17.2 Å². The predicted molar refractivity (Wildman–Crippen MR) is 97.5 cm³/mol. The van der Waals surface area contributed by atoms with Crippen LogP contribution in [0.5, 0.6) is 0 Å². The van der Waals surface area contributed by atoms with Gasteiger partial charge in [-0.25, -0.2) is 0 Å². The van der Waals surface area contributed by atoms with Crippen LogP contribution in [0.2, 0.25) is 0 Å². The lowest BCUT2D eigenvalue weighted by atomic mass is 9.97. The Balaban J connectivity index is 1.40. The number of likely N-dealkylation sites (tertiary alicyclic amines) is 1. The van der Waals surface area contributed by atoms with E-state index in [1.807, 2.05) is 36.4 Å². The third-order valence-electron chi connectivity index (χ3n) is 4.86. The average Bonchev–Trinajstić information content (AvgIpc) is 3.35. The van der Waals surface area contributed by atoms with Crippen molar-refractivity contribution < 1.29 is 14.0 Å². The summed E-state index contributed by atoms with van der Waals surface area (Å²) in [7, 11) is 0. The second kappa shape index (κ2) is 7.07. The van der Waals surface area contributed by atoms with Crippen LogP contribution in [0.4, 0.5) is 0 Å². The number of nitrogens with zero attached hydrogens (tertiary/aromatic N) is 1. The number of H-pyrrole nitrogens is 1. The molecule has 2 amide bonds. The van der Waals surface area contributed by atoms with Gasteiger partial charge in [-0.1, -0.05) is 18.2 Å². The molecule has 1 aliphatic rings. The normalized spacial score (nSPS) is 17.4. The molecule has 3 aromatic rings. The summed E-state index contributed by atoms with van der Waals surface area (Å²) in [4.78, 5) is 30.2. The smallest absolute Gasteiger partial charge is 0.270 e. The van der Waals surface area contributed by atoms with E-state index >= 15 is 0 Å². The summed E-state index contributed by atoms with van der Waals surface area (Å²) >= 11 is 0. The Morgan fingerprint density at radius 2 is 2.12 bits per heavy atom. The number of benzene rings is 1. The van der Waals surface area contributed by atoms with Gasteiger partial charge in [0.15, 0.2) is 0 Å². The summed E-state index contributed by atoms with van der Waals surface area (Å²) in [6.45, 7) is 1.49. The van der Waals surface area contributed by atoms with Crippen LogP contribution in [0.3, 0.4) is 0 Å². The van der Waals surface area contributed by atoms with E-state index in [1.165, 1.54) is 0 Å². The minimum Gasteiger partial charge on any atom is -0.467 e. The van der Waals surface area contributed by atoms with Crippen LogP contribution < -0.4 is 5.32 Å². The number of fused-ring (bicyclic) bond motifs is 1. The summed E-state index contributed by atoms with van der Waals surface area (Å²) in [5.41, 5.74) is 1.52. The quantitative estimate of drug-likeness (QED) is 0.759. The zero-order valence-electron chi connectivity index (χ0n) is 14.4. The van der Waals surface area contributed by atoms with Gasteiger partial charge in [-0.3, -0.25) is 9.59 Å². The molecule has 1 saturated heterocycles. The van der Waals surface area contributed by atoms with Crippen LogP contribution in [0.15, 0.2) is 53.1 Å². The zero-order chi connectivity index (χ0) is 17.9. The first kappa shape index (κ1) is 16.4. The van der Waals surface area contributed by atoms with E-state index in [0.717, 1.165) is 29.5 Å². The van der Waals surface area contributed by atoms with E-state index in [-0.39, 0.29) is 17.7 Å². The molecule has 1 aliphatic heterocycles. The van der Waals surface area contributed by atoms with E-state index in [2.05, 4.69) is 10.3 Å². The van der Waals surface area contributed by atoms with Crippen LogP contribution >= 0.6 is 0 Å². The summed E-state index contributed by atoms with van der Waals surface area (Å²) in [6, 6.07) is 13.3. The topological polar surface area (TPSA) is 78.3 Å². The van der Waals surface area contributed by atoms with Gasteiger partial charge in [-0.15, -0.1) is 0 Å². The maximum atomic E-state index is 12.8. The second-order valence-corrected chi connectivity index (χ2v) is 6.66. The molecule has 1 aromatic carbocycles. The van der Waals surface area contributed by atoms with Gasteiger partial charge in [0.1, 0.15) is 11.5 Å². The fourth-order valence-electron chi connectivity index (χ4n) is 3.47. The predicted octanol–water partition coefficient (Wildman–Crippen LogP) is 2.93. The van der Waals surface area contributed by atoms with Gasteiger partial charge in [0.25, 0.3) is 5.91 Å². The summed E-state index contributed by atoms with van der Waals surface area (Å²) in [5.74, 6) is 0.451. The molecule has 2 aromatic heterocycles. The molecule has 1 fully saturated rings. The Morgan fingerprint density at radius 1 is 1.23 bits per heavy atom. The molecule has 134 valence electrons. The SMILES string of the molecule is O=C(NCc1ccco1)[C@H]1CCCN(C(=O)c2cc3ccccc3[nH]2)C1. The highest BCUT2D eigenvalue weighted by Crippen LogP contribution is 2.21. The minimum absolute atomic E-state index is 0.0319. The van der Waals surface area contributed by atoms with Gasteiger partial charge in [-0.2, -0.15) is 0 Å². The lowest BCUT2D eigenvalue weighted by Crippen LogP contribution is -2.45. The molecule has 4 rings (SSSR count). The van der Waals surface area contributed by atoms with Crippen molar-refractivity contribution in [3.63, 3.8) is 0 Å². The average molecular weight is 351 g/mol. The lowest BCUT2D eigenvalue weighted by molar-refractivity contribution is -0.126. The Morgan fingerprint density at radius 3 is 2.92 bits per heavy atom. The van der Waals surface area contributed by atoms with Crippen molar-refractivity contribution in [3.05, 3.63) is 60.2 Å². The van der Waals surface area contributed by atoms with Gasteiger partial charge in [0, 0.05) is 24.0 Å². The van der Waals surface area contributed by atoms with E-state index < -0.39 is 0 Å². The number of carbonyl (C=O) groups excluding carboxylic acids is 2. The molecule has 3 heterocycles. The molecule has 0 aliphatic carbocycles. The Bertz CT molecular complexity index is 880. The van der Waals surface area contributed by atoms with Gasteiger partial charge in [0.05, 0.1) is 18.7 Å². The number of amides is 2. The Labute approximate surface area is 151 Å². The number of hydrogen-bond donors (Lipinski definition) is 2. The molecule has 1 atom stereocenters. The third kappa shape index (κ3) is 3.35. The number of nitrogens with one attached hydrogen (secondary N) is 2. The van der Waals surface area contributed by atoms with Crippen LogP contribution in [-0.2, 0) is 11.3 Å². The first-order valence-corrected chi connectivity index (χ1v) is 8.88. The minimum atomic E-state index is -0.188.